The number of nitrogens with zero attached hydrogens (tertiary/aromatic N) is 2. The second-order valence-corrected chi connectivity index (χ2v) is 12.4. The predicted molar refractivity (Wildman–Crippen MR) is 208 cm³/mol. The van der Waals surface area contributed by atoms with E-state index in [9.17, 15) is 4.79 Å². The van der Waals surface area contributed by atoms with Gasteiger partial charge in [-0.15, -0.1) is 0 Å². The molecule has 0 aliphatic rings. The van der Waals surface area contributed by atoms with Crippen molar-refractivity contribution in [2.45, 2.75) is 13.8 Å². The van der Waals surface area contributed by atoms with Gasteiger partial charge in [0.15, 0.2) is 5.78 Å². The van der Waals surface area contributed by atoms with Crippen LogP contribution in [0.25, 0.3) is 0 Å². The van der Waals surface area contributed by atoms with Crippen molar-refractivity contribution >= 4 is 39.9 Å². The molecule has 0 fully saturated rings. The maximum atomic E-state index is 12.9. The number of carbonyl (C=O) groups is 1. The number of para-hydroxylation sites is 1. The number of benzene rings is 7. The summed E-state index contributed by atoms with van der Waals surface area (Å²) in [6.07, 6.45) is 0. The fourth-order valence-electron chi connectivity index (χ4n) is 5.99. The van der Waals surface area contributed by atoms with Gasteiger partial charge in [0, 0.05) is 45.3 Å². The molecule has 5 nitrogen and oxygen atoms in total. The van der Waals surface area contributed by atoms with Crippen LogP contribution in [0.2, 0.25) is 0 Å². The van der Waals surface area contributed by atoms with Gasteiger partial charge in [0.2, 0.25) is 0 Å². The number of hydrogen-bond acceptors (Lipinski definition) is 5. The second kappa shape index (κ2) is 14.9. The summed E-state index contributed by atoms with van der Waals surface area (Å²) >= 11 is 0. The minimum absolute atomic E-state index is 0.0105. The summed E-state index contributed by atoms with van der Waals surface area (Å²) in [5, 5.41) is 0. The molecule has 0 bridgehead atoms. The monoisotopic (exact) mass is 666 g/mol. The molecule has 0 saturated carbocycles. The van der Waals surface area contributed by atoms with Crippen molar-refractivity contribution in [2.24, 2.45) is 0 Å². The molecule has 51 heavy (non-hydrogen) atoms. The van der Waals surface area contributed by atoms with E-state index >= 15 is 0 Å². The van der Waals surface area contributed by atoms with Crippen LogP contribution in [-0.2, 0) is 0 Å². The lowest BCUT2D eigenvalue weighted by atomic mass is 10.0. The molecule has 0 aromatic heterocycles. The molecule has 5 heteroatoms. The van der Waals surface area contributed by atoms with Gasteiger partial charge >= 0.3 is 0 Å². The first-order valence-corrected chi connectivity index (χ1v) is 16.9. The van der Waals surface area contributed by atoms with E-state index in [0.717, 1.165) is 45.4 Å². The average molecular weight is 667 g/mol. The van der Waals surface area contributed by atoms with E-state index in [0.29, 0.717) is 22.6 Å². The molecule has 250 valence electrons. The standard InChI is InChI=1S/C46H38N2O3/c1-33-9-13-35(14-10-33)46(49)36-15-27-44(28-16-36)51-45-31-25-42(26-32-45)48(38-17-11-34(2)12-18-38)40-21-19-39(20-22-40)47(37-7-5-4-6-8-37)41-23-29-43(50-3)30-24-41/h4-32H,1-3H3. The van der Waals surface area contributed by atoms with Gasteiger partial charge in [0.05, 0.1) is 7.11 Å². The molecule has 0 aliphatic heterocycles. The van der Waals surface area contributed by atoms with Gasteiger partial charge < -0.3 is 19.3 Å². The number of methoxy groups -OCH3 is 1. The molecule has 0 aliphatic carbocycles. The lowest BCUT2D eigenvalue weighted by Gasteiger charge is -2.28. The Morgan fingerprint density at radius 1 is 0.392 bits per heavy atom. The maximum absolute atomic E-state index is 12.9. The molecular formula is C46H38N2O3. The fraction of sp³-hybridized carbons (Fsp3) is 0.0652. The van der Waals surface area contributed by atoms with Crippen LogP contribution in [0.5, 0.6) is 17.2 Å². The first kappa shape index (κ1) is 32.9. The summed E-state index contributed by atoms with van der Waals surface area (Å²) in [6, 6.07) is 58.6. The molecule has 0 saturated heterocycles. The van der Waals surface area contributed by atoms with Crippen molar-refractivity contribution in [1.82, 2.24) is 0 Å². The molecule has 7 rings (SSSR count). The van der Waals surface area contributed by atoms with Gasteiger partial charge in [0.1, 0.15) is 17.2 Å². The minimum Gasteiger partial charge on any atom is -0.497 e. The third-order valence-electron chi connectivity index (χ3n) is 8.76. The second-order valence-electron chi connectivity index (χ2n) is 12.4. The van der Waals surface area contributed by atoms with Crippen molar-refractivity contribution in [2.75, 3.05) is 16.9 Å². The predicted octanol–water partition coefficient (Wildman–Crippen LogP) is 12.3. The fourth-order valence-corrected chi connectivity index (χ4v) is 5.99. The van der Waals surface area contributed by atoms with Crippen molar-refractivity contribution < 1.29 is 14.3 Å². The SMILES string of the molecule is COc1ccc(N(c2ccccc2)c2ccc(N(c3ccc(C)cc3)c3ccc(Oc4ccc(C(=O)c5ccc(C)cc5)cc4)cc3)cc2)cc1. The highest BCUT2D eigenvalue weighted by Gasteiger charge is 2.17. The summed E-state index contributed by atoms with van der Waals surface area (Å²) in [7, 11) is 1.68. The van der Waals surface area contributed by atoms with Crippen LogP contribution >= 0.6 is 0 Å². The van der Waals surface area contributed by atoms with Crippen LogP contribution in [0.1, 0.15) is 27.0 Å². The molecule has 0 N–H and O–H groups in total. The summed E-state index contributed by atoms with van der Waals surface area (Å²) in [4.78, 5) is 17.4. The minimum atomic E-state index is -0.0105. The molecule has 0 radical (unpaired) electrons. The van der Waals surface area contributed by atoms with Gasteiger partial charge in [-0.05, 0) is 135 Å². The van der Waals surface area contributed by atoms with E-state index in [1.807, 2.05) is 85.8 Å². The molecule has 7 aromatic carbocycles. The van der Waals surface area contributed by atoms with Crippen LogP contribution in [0.15, 0.2) is 176 Å². The van der Waals surface area contributed by atoms with E-state index in [2.05, 4.69) is 114 Å². The van der Waals surface area contributed by atoms with Crippen LogP contribution in [0.4, 0.5) is 34.1 Å². The summed E-state index contributed by atoms with van der Waals surface area (Å²) in [6.45, 7) is 4.10. The number of rotatable bonds is 11. The highest BCUT2D eigenvalue weighted by molar-refractivity contribution is 6.09. The first-order valence-electron chi connectivity index (χ1n) is 16.9. The highest BCUT2D eigenvalue weighted by Crippen LogP contribution is 2.40. The topological polar surface area (TPSA) is 42.0 Å². The molecule has 0 atom stereocenters. The molecule has 0 amide bonds. The van der Waals surface area contributed by atoms with Crippen LogP contribution in [0.3, 0.4) is 0 Å². The third kappa shape index (κ3) is 7.53. The van der Waals surface area contributed by atoms with Crippen LogP contribution in [0, 0.1) is 13.8 Å². The van der Waals surface area contributed by atoms with Gasteiger partial charge in [0.25, 0.3) is 0 Å². The number of anilines is 6. The van der Waals surface area contributed by atoms with Crippen molar-refractivity contribution in [1.29, 1.82) is 0 Å². The Morgan fingerprint density at radius 3 is 1.14 bits per heavy atom. The van der Waals surface area contributed by atoms with Crippen molar-refractivity contribution in [3.05, 3.63) is 198 Å². The summed E-state index contributed by atoms with van der Waals surface area (Å²) < 4.78 is 11.6. The molecule has 0 heterocycles. The smallest absolute Gasteiger partial charge is 0.193 e. The number of carbonyl (C=O) groups excluding carboxylic acids is 1. The Morgan fingerprint density at radius 2 is 0.706 bits per heavy atom. The van der Waals surface area contributed by atoms with E-state index < -0.39 is 0 Å². The Bertz CT molecular complexity index is 2200. The molecule has 7 aromatic rings. The lowest BCUT2D eigenvalue weighted by Crippen LogP contribution is -2.12. The molecule has 0 spiro atoms. The quantitative estimate of drug-likeness (QED) is 0.129. The lowest BCUT2D eigenvalue weighted by molar-refractivity contribution is 0.103. The maximum Gasteiger partial charge on any atom is 0.193 e. The van der Waals surface area contributed by atoms with Gasteiger partial charge in [-0.2, -0.15) is 0 Å². The normalized spacial score (nSPS) is 10.7. The zero-order valence-corrected chi connectivity index (χ0v) is 28.9. The van der Waals surface area contributed by atoms with Gasteiger partial charge in [-0.25, -0.2) is 0 Å². The Labute approximate surface area is 299 Å². The Hall–Kier alpha value is -6.59. The highest BCUT2D eigenvalue weighted by atomic mass is 16.5. The number of aryl methyl sites for hydroxylation is 2. The number of hydrogen-bond donors (Lipinski definition) is 0. The Balaban J connectivity index is 1.14. The average Bonchev–Trinajstić information content (AvgIpc) is 3.18. The first-order chi connectivity index (χ1) is 24.9. The number of ketones is 1. The van der Waals surface area contributed by atoms with E-state index in [1.165, 1.54) is 5.56 Å². The van der Waals surface area contributed by atoms with Gasteiger partial charge in [-0.1, -0.05) is 65.7 Å². The van der Waals surface area contributed by atoms with Crippen LogP contribution in [-0.4, -0.2) is 12.9 Å². The molecular weight excluding hydrogens is 629 g/mol. The van der Waals surface area contributed by atoms with E-state index in [1.54, 1.807) is 7.11 Å². The largest absolute Gasteiger partial charge is 0.497 e. The number of ether oxygens (including phenoxy) is 2. The van der Waals surface area contributed by atoms with Gasteiger partial charge in [-0.3, -0.25) is 4.79 Å². The van der Waals surface area contributed by atoms with Crippen molar-refractivity contribution in [3.8, 4) is 17.2 Å². The summed E-state index contributed by atoms with van der Waals surface area (Å²) in [5.74, 6) is 2.17. The van der Waals surface area contributed by atoms with Crippen LogP contribution < -0.4 is 19.3 Å². The zero-order chi connectivity index (χ0) is 35.2. The zero-order valence-electron chi connectivity index (χ0n) is 28.9. The van der Waals surface area contributed by atoms with E-state index in [-0.39, 0.29) is 5.78 Å². The Kier molecular flexibility index (Phi) is 9.62. The summed E-state index contributed by atoms with van der Waals surface area (Å²) in [5.41, 5.74) is 9.81. The van der Waals surface area contributed by atoms with E-state index in [4.69, 9.17) is 9.47 Å². The third-order valence-corrected chi connectivity index (χ3v) is 8.76. The van der Waals surface area contributed by atoms with Crippen molar-refractivity contribution in [3.63, 3.8) is 0 Å². The molecule has 0 unspecified atom stereocenters.